The standard InChI is InChI=1S/C15H27N5O/c1-6-8-11-19-12(17-7-2)9-13(20-11)18-10-15(3,4)14(21)16-5/h9H,6-8,10H2,1-5H3,(H,16,21)(H2,17,18,19,20). The third-order valence-electron chi connectivity index (χ3n) is 3.16. The summed E-state index contributed by atoms with van der Waals surface area (Å²) < 4.78 is 0. The van der Waals surface area contributed by atoms with Crippen molar-refractivity contribution >= 4 is 17.5 Å². The number of rotatable bonds is 8. The fraction of sp³-hybridized carbons (Fsp3) is 0.667. The minimum absolute atomic E-state index is 0.00439. The van der Waals surface area contributed by atoms with Crippen LogP contribution in [0.5, 0.6) is 0 Å². The summed E-state index contributed by atoms with van der Waals surface area (Å²) in [7, 11) is 1.65. The van der Waals surface area contributed by atoms with Crippen molar-refractivity contribution in [3.05, 3.63) is 11.9 Å². The smallest absolute Gasteiger partial charge is 0.227 e. The number of hydrogen-bond donors (Lipinski definition) is 3. The number of carbonyl (C=O) groups is 1. The molecule has 1 rings (SSSR count). The average Bonchev–Trinajstić information content (AvgIpc) is 2.45. The van der Waals surface area contributed by atoms with Crippen LogP contribution in [0.2, 0.25) is 0 Å². The molecule has 0 spiro atoms. The SMILES string of the molecule is CCCc1nc(NCC)cc(NCC(C)(C)C(=O)NC)n1. The van der Waals surface area contributed by atoms with Crippen LogP contribution in [-0.4, -0.2) is 36.0 Å². The molecule has 0 fully saturated rings. The zero-order chi connectivity index (χ0) is 15.9. The summed E-state index contributed by atoms with van der Waals surface area (Å²) >= 11 is 0. The second-order valence-electron chi connectivity index (χ2n) is 5.65. The summed E-state index contributed by atoms with van der Waals surface area (Å²) in [5.74, 6) is 2.39. The van der Waals surface area contributed by atoms with Crippen molar-refractivity contribution in [2.75, 3.05) is 30.8 Å². The first-order chi connectivity index (χ1) is 9.92. The molecule has 6 nitrogen and oxygen atoms in total. The van der Waals surface area contributed by atoms with Crippen LogP contribution >= 0.6 is 0 Å². The van der Waals surface area contributed by atoms with Gasteiger partial charge in [-0.25, -0.2) is 9.97 Å². The topological polar surface area (TPSA) is 78.9 Å². The highest BCUT2D eigenvalue weighted by Crippen LogP contribution is 2.18. The summed E-state index contributed by atoms with van der Waals surface area (Å²) in [6, 6.07) is 1.88. The molecule has 1 aromatic heterocycles. The van der Waals surface area contributed by atoms with Crippen molar-refractivity contribution in [3.8, 4) is 0 Å². The van der Waals surface area contributed by atoms with Crippen LogP contribution in [0.1, 0.15) is 39.9 Å². The van der Waals surface area contributed by atoms with Crippen LogP contribution < -0.4 is 16.0 Å². The fourth-order valence-corrected chi connectivity index (χ4v) is 1.92. The Labute approximate surface area is 127 Å². The molecule has 1 aromatic rings. The number of hydrogen-bond acceptors (Lipinski definition) is 5. The number of aromatic nitrogens is 2. The predicted molar refractivity (Wildman–Crippen MR) is 86.5 cm³/mol. The van der Waals surface area contributed by atoms with Gasteiger partial charge in [-0.05, 0) is 27.2 Å². The fourth-order valence-electron chi connectivity index (χ4n) is 1.92. The highest BCUT2D eigenvalue weighted by molar-refractivity contribution is 5.82. The van der Waals surface area contributed by atoms with Gasteiger partial charge in [0, 0.05) is 32.6 Å². The summed E-state index contributed by atoms with van der Waals surface area (Å²) in [5, 5.41) is 9.13. The molecule has 0 atom stereocenters. The molecule has 1 heterocycles. The van der Waals surface area contributed by atoms with Gasteiger partial charge in [0.2, 0.25) is 5.91 Å². The van der Waals surface area contributed by atoms with Gasteiger partial charge >= 0.3 is 0 Å². The molecular formula is C15H27N5O. The minimum atomic E-state index is -0.497. The third kappa shape index (κ3) is 5.21. The molecule has 0 unspecified atom stereocenters. The molecule has 0 bridgehead atoms. The quantitative estimate of drug-likeness (QED) is 0.683. The van der Waals surface area contributed by atoms with E-state index in [0.717, 1.165) is 36.8 Å². The molecule has 0 saturated heterocycles. The van der Waals surface area contributed by atoms with Gasteiger partial charge < -0.3 is 16.0 Å². The largest absolute Gasteiger partial charge is 0.370 e. The van der Waals surface area contributed by atoms with Gasteiger partial charge in [-0.1, -0.05) is 6.92 Å². The van der Waals surface area contributed by atoms with E-state index in [0.29, 0.717) is 6.54 Å². The second-order valence-corrected chi connectivity index (χ2v) is 5.65. The van der Waals surface area contributed by atoms with E-state index in [-0.39, 0.29) is 5.91 Å². The van der Waals surface area contributed by atoms with Gasteiger partial charge in [0.15, 0.2) is 0 Å². The van der Waals surface area contributed by atoms with E-state index in [1.54, 1.807) is 7.05 Å². The molecule has 0 aromatic carbocycles. The highest BCUT2D eigenvalue weighted by atomic mass is 16.2. The van der Waals surface area contributed by atoms with E-state index in [2.05, 4.69) is 32.8 Å². The Kier molecular flexibility index (Phi) is 6.39. The van der Waals surface area contributed by atoms with Crippen LogP contribution in [0, 0.1) is 5.41 Å². The molecule has 6 heteroatoms. The van der Waals surface area contributed by atoms with Gasteiger partial charge in [-0.2, -0.15) is 0 Å². The van der Waals surface area contributed by atoms with Crippen molar-refractivity contribution in [1.29, 1.82) is 0 Å². The lowest BCUT2D eigenvalue weighted by atomic mass is 9.92. The lowest BCUT2D eigenvalue weighted by Gasteiger charge is -2.23. The normalized spacial score (nSPS) is 11.1. The Balaban J connectivity index is 2.84. The van der Waals surface area contributed by atoms with Crippen LogP contribution in [0.25, 0.3) is 0 Å². The summed E-state index contributed by atoms with van der Waals surface area (Å²) in [4.78, 5) is 20.8. The monoisotopic (exact) mass is 293 g/mol. The first kappa shape index (κ1) is 17.2. The molecular weight excluding hydrogens is 266 g/mol. The minimum Gasteiger partial charge on any atom is -0.370 e. The predicted octanol–water partition coefficient (Wildman–Crippen LogP) is 2.04. The van der Waals surface area contributed by atoms with Crippen LogP contribution in [0.15, 0.2) is 6.07 Å². The Hall–Kier alpha value is -1.85. The van der Waals surface area contributed by atoms with Crippen molar-refractivity contribution in [1.82, 2.24) is 15.3 Å². The van der Waals surface area contributed by atoms with Gasteiger partial charge in [-0.3, -0.25) is 4.79 Å². The molecule has 0 aliphatic heterocycles. The van der Waals surface area contributed by atoms with Crippen molar-refractivity contribution in [3.63, 3.8) is 0 Å². The van der Waals surface area contributed by atoms with E-state index >= 15 is 0 Å². The van der Waals surface area contributed by atoms with Crippen LogP contribution in [0.3, 0.4) is 0 Å². The maximum Gasteiger partial charge on any atom is 0.227 e. The van der Waals surface area contributed by atoms with Gasteiger partial charge in [0.05, 0.1) is 5.41 Å². The Morgan fingerprint density at radius 2 is 1.81 bits per heavy atom. The highest BCUT2D eigenvalue weighted by Gasteiger charge is 2.26. The third-order valence-corrected chi connectivity index (χ3v) is 3.16. The number of aryl methyl sites for hydroxylation is 1. The zero-order valence-electron chi connectivity index (χ0n) is 13.7. The van der Waals surface area contributed by atoms with Crippen molar-refractivity contribution in [2.24, 2.45) is 5.41 Å². The molecule has 1 amide bonds. The Morgan fingerprint density at radius 3 is 2.33 bits per heavy atom. The lowest BCUT2D eigenvalue weighted by Crippen LogP contribution is -2.39. The summed E-state index contributed by atoms with van der Waals surface area (Å²) in [6.07, 6.45) is 1.84. The average molecular weight is 293 g/mol. The van der Waals surface area contributed by atoms with Crippen LogP contribution in [-0.2, 0) is 11.2 Å². The van der Waals surface area contributed by atoms with Gasteiger partial charge in [0.25, 0.3) is 0 Å². The molecule has 0 saturated carbocycles. The number of carbonyl (C=O) groups excluding carboxylic acids is 1. The second kappa shape index (κ2) is 7.81. The van der Waals surface area contributed by atoms with E-state index in [9.17, 15) is 4.79 Å². The lowest BCUT2D eigenvalue weighted by molar-refractivity contribution is -0.128. The molecule has 0 radical (unpaired) electrons. The zero-order valence-corrected chi connectivity index (χ0v) is 13.7. The maximum atomic E-state index is 11.8. The van der Waals surface area contributed by atoms with Gasteiger partial charge in [-0.15, -0.1) is 0 Å². The first-order valence-corrected chi connectivity index (χ1v) is 7.50. The number of amides is 1. The van der Waals surface area contributed by atoms with E-state index in [1.165, 1.54) is 0 Å². The van der Waals surface area contributed by atoms with Gasteiger partial charge in [0.1, 0.15) is 17.5 Å². The van der Waals surface area contributed by atoms with Crippen molar-refractivity contribution < 1.29 is 4.79 Å². The number of anilines is 2. The molecule has 3 N–H and O–H groups in total. The van der Waals surface area contributed by atoms with Crippen LogP contribution in [0.4, 0.5) is 11.6 Å². The first-order valence-electron chi connectivity index (χ1n) is 7.50. The van der Waals surface area contributed by atoms with Crippen molar-refractivity contribution in [2.45, 2.75) is 40.5 Å². The number of nitrogens with zero attached hydrogens (tertiary/aromatic N) is 2. The molecule has 118 valence electrons. The Bertz CT molecular complexity index is 449. The summed E-state index contributed by atoms with van der Waals surface area (Å²) in [5.41, 5.74) is -0.497. The summed E-state index contributed by atoms with van der Waals surface area (Å²) in [6.45, 7) is 9.26. The van der Waals surface area contributed by atoms with E-state index < -0.39 is 5.41 Å². The Morgan fingerprint density at radius 1 is 1.19 bits per heavy atom. The van der Waals surface area contributed by atoms with E-state index in [1.807, 2.05) is 26.8 Å². The maximum absolute atomic E-state index is 11.8. The molecule has 0 aliphatic rings. The molecule has 0 aliphatic carbocycles. The van der Waals surface area contributed by atoms with E-state index in [4.69, 9.17) is 0 Å². The molecule has 21 heavy (non-hydrogen) atoms. The number of nitrogens with one attached hydrogen (secondary N) is 3.